The maximum absolute atomic E-state index is 12.8. The van der Waals surface area contributed by atoms with Gasteiger partial charge in [0.25, 0.3) is 5.91 Å². The number of aromatic nitrogens is 1. The number of hydrogen-bond acceptors (Lipinski definition) is 3. The first kappa shape index (κ1) is 19.7. The minimum absolute atomic E-state index is 0.00361. The van der Waals surface area contributed by atoms with Crippen LogP contribution in [0.15, 0.2) is 59.1 Å². The molecule has 4 rings (SSSR count). The SMILES string of the molecule is O=C(CCN1CCN(C(=O)c2cc3ccccc3[nH]2)CC1)Nc1ccc(Br)cc1. The molecule has 0 saturated carbocycles. The molecule has 2 amide bonds. The van der Waals surface area contributed by atoms with Crippen LogP contribution in [0.5, 0.6) is 0 Å². The predicted octanol–water partition coefficient (Wildman–Crippen LogP) is 3.72. The molecule has 1 aliphatic rings. The van der Waals surface area contributed by atoms with E-state index >= 15 is 0 Å². The third-order valence-corrected chi connectivity index (χ3v) is 5.73. The Morgan fingerprint density at radius 3 is 2.45 bits per heavy atom. The molecule has 0 radical (unpaired) electrons. The summed E-state index contributed by atoms with van der Waals surface area (Å²) < 4.78 is 0.982. The zero-order valence-electron chi connectivity index (χ0n) is 16.0. The van der Waals surface area contributed by atoms with Crippen LogP contribution in [0.2, 0.25) is 0 Å². The van der Waals surface area contributed by atoms with Crippen LogP contribution >= 0.6 is 15.9 Å². The van der Waals surface area contributed by atoms with Gasteiger partial charge < -0.3 is 15.2 Å². The molecule has 1 saturated heterocycles. The van der Waals surface area contributed by atoms with Crippen molar-refractivity contribution < 1.29 is 9.59 Å². The number of rotatable bonds is 5. The zero-order chi connectivity index (χ0) is 20.2. The molecule has 1 fully saturated rings. The highest BCUT2D eigenvalue weighted by molar-refractivity contribution is 9.10. The molecule has 1 aliphatic heterocycles. The first-order valence-electron chi connectivity index (χ1n) is 9.73. The number of fused-ring (bicyclic) bond motifs is 1. The van der Waals surface area contributed by atoms with Gasteiger partial charge in [-0.25, -0.2) is 0 Å². The molecular weight excluding hydrogens is 432 g/mol. The second kappa shape index (κ2) is 8.80. The number of nitrogens with one attached hydrogen (secondary N) is 2. The Kier molecular flexibility index (Phi) is 5.97. The van der Waals surface area contributed by atoms with E-state index in [1.54, 1.807) is 0 Å². The number of hydrogen-bond donors (Lipinski definition) is 2. The fraction of sp³-hybridized carbons (Fsp3) is 0.273. The van der Waals surface area contributed by atoms with Crippen molar-refractivity contribution in [2.24, 2.45) is 0 Å². The number of nitrogens with zero attached hydrogens (tertiary/aromatic N) is 2. The summed E-state index contributed by atoms with van der Waals surface area (Å²) in [5.74, 6) is 0.0396. The van der Waals surface area contributed by atoms with Crippen LogP contribution in [-0.4, -0.2) is 59.3 Å². The molecule has 0 unspecified atom stereocenters. The van der Waals surface area contributed by atoms with E-state index in [9.17, 15) is 9.59 Å². The van der Waals surface area contributed by atoms with E-state index in [2.05, 4.69) is 31.1 Å². The molecule has 2 N–H and O–H groups in total. The minimum atomic E-state index is 0.00361. The number of anilines is 1. The van der Waals surface area contributed by atoms with Gasteiger partial charge >= 0.3 is 0 Å². The molecule has 0 bridgehead atoms. The second-order valence-electron chi connectivity index (χ2n) is 7.21. The van der Waals surface area contributed by atoms with Crippen molar-refractivity contribution in [3.05, 3.63) is 64.8 Å². The summed E-state index contributed by atoms with van der Waals surface area (Å²) in [5, 5.41) is 3.96. The van der Waals surface area contributed by atoms with Gasteiger partial charge in [0.1, 0.15) is 5.69 Å². The summed E-state index contributed by atoms with van der Waals surface area (Å²) in [7, 11) is 0. The van der Waals surface area contributed by atoms with Crippen molar-refractivity contribution in [2.75, 3.05) is 38.0 Å². The Morgan fingerprint density at radius 1 is 1.00 bits per heavy atom. The molecule has 0 atom stereocenters. The number of para-hydroxylation sites is 1. The summed E-state index contributed by atoms with van der Waals surface area (Å²) in [6.45, 7) is 3.58. The van der Waals surface area contributed by atoms with Gasteiger partial charge in [0.05, 0.1) is 0 Å². The number of halogens is 1. The number of piperazine rings is 1. The highest BCUT2D eigenvalue weighted by Crippen LogP contribution is 2.17. The quantitative estimate of drug-likeness (QED) is 0.617. The van der Waals surface area contributed by atoms with E-state index in [0.717, 1.165) is 34.2 Å². The predicted molar refractivity (Wildman–Crippen MR) is 118 cm³/mol. The van der Waals surface area contributed by atoms with Gasteiger partial charge in [-0.1, -0.05) is 34.1 Å². The van der Waals surface area contributed by atoms with Crippen LogP contribution in [-0.2, 0) is 4.79 Å². The van der Waals surface area contributed by atoms with E-state index in [4.69, 9.17) is 0 Å². The lowest BCUT2D eigenvalue weighted by molar-refractivity contribution is -0.116. The van der Waals surface area contributed by atoms with Crippen LogP contribution in [0.3, 0.4) is 0 Å². The number of carbonyl (C=O) groups excluding carboxylic acids is 2. The summed E-state index contributed by atoms with van der Waals surface area (Å²) in [5.41, 5.74) is 2.41. The number of aromatic amines is 1. The topological polar surface area (TPSA) is 68.4 Å². The molecule has 0 aliphatic carbocycles. The molecule has 2 heterocycles. The molecule has 7 heteroatoms. The first-order valence-corrected chi connectivity index (χ1v) is 10.5. The maximum atomic E-state index is 12.8. The van der Waals surface area contributed by atoms with Crippen molar-refractivity contribution in [1.82, 2.24) is 14.8 Å². The third-order valence-electron chi connectivity index (χ3n) is 5.20. The molecule has 6 nitrogen and oxygen atoms in total. The standard InChI is InChI=1S/C22H23BrN4O2/c23-17-5-7-18(8-6-17)24-21(28)9-10-26-11-13-27(14-12-26)22(29)20-15-16-3-1-2-4-19(16)25-20/h1-8,15,25H,9-14H2,(H,24,28). The lowest BCUT2D eigenvalue weighted by Crippen LogP contribution is -2.49. The fourth-order valence-corrected chi connectivity index (χ4v) is 3.81. The lowest BCUT2D eigenvalue weighted by Gasteiger charge is -2.34. The molecule has 2 aromatic carbocycles. The van der Waals surface area contributed by atoms with Crippen molar-refractivity contribution in [3.63, 3.8) is 0 Å². The monoisotopic (exact) mass is 454 g/mol. The lowest BCUT2D eigenvalue weighted by atomic mass is 10.2. The molecule has 3 aromatic rings. The Bertz CT molecular complexity index is 974. The van der Waals surface area contributed by atoms with Crippen molar-refractivity contribution in [2.45, 2.75) is 6.42 Å². The highest BCUT2D eigenvalue weighted by Gasteiger charge is 2.23. The van der Waals surface area contributed by atoms with Gasteiger partial charge in [-0.05, 0) is 36.4 Å². The van der Waals surface area contributed by atoms with E-state index in [1.807, 2.05) is 59.5 Å². The van der Waals surface area contributed by atoms with Gasteiger partial charge in [-0.3, -0.25) is 14.5 Å². The average Bonchev–Trinajstić information content (AvgIpc) is 3.18. The van der Waals surface area contributed by atoms with Gasteiger partial charge in [-0.15, -0.1) is 0 Å². The van der Waals surface area contributed by atoms with Crippen LogP contribution in [0, 0.1) is 0 Å². The van der Waals surface area contributed by atoms with Crippen LogP contribution in [0.1, 0.15) is 16.9 Å². The van der Waals surface area contributed by atoms with E-state index in [1.165, 1.54) is 0 Å². The fourth-order valence-electron chi connectivity index (χ4n) is 3.55. The van der Waals surface area contributed by atoms with Gasteiger partial charge in [0.2, 0.25) is 5.91 Å². The smallest absolute Gasteiger partial charge is 0.270 e. The van der Waals surface area contributed by atoms with Crippen LogP contribution < -0.4 is 5.32 Å². The second-order valence-corrected chi connectivity index (χ2v) is 8.12. The van der Waals surface area contributed by atoms with E-state index < -0.39 is 0 Å². The van der Waals surface area contributed by atoms with E-state index in [0.29, 0.717) is 31.7 Å². The molecule has 1 aromatic heterocycles. The van der Waals surface area contributed by atoms with Crippen molar-refractivity contribution >= 4 is 44.3 Å². The summed E-state index contributed by atoms with van der Waals surface area (Å²) in [6.07, 6.45) is 0.437. The highest BCUT2D eigenvalue weighted by atomic mass is 79.9. The van der Waals surface area contributed by atoms with Gasteiger partial charge in [0, 0.05) is 60.2 Å². The summed E-state index contributed by atoms with van der Waals surface area (Å²) in [4.78, 5) is 32.3. The number of benzene rings is 2. The summed E-state index contributed by atoms with van der Waals surface area (Å²) >= 11 is 3.38. The van der Waals surface area contributed by atoms with Crippen molar-refractivity contribution in [1.29, 1.82) is 0 Å². The van der Waals surface area contributed by atoms with Crippen LogP contribution in [0.4, 0.5) is 5.69 Å². The molecule has 150 valence electrons. The number of carbonyl (C=O) groups is 2. The van der Waals surface area contributed by atoms with Crippen molar-refractivity contribution in [3.8, 4) is 0 Å². The average molecular weight is 455 g/mol. The van der Waals surface area contributed by atoms with Crippen LogP contribution in [0.25, 0.3) is 10.9 Å². The number of amides is 2. The van der Waals surface area contributed by atoms with E-state index in [-0.39, 0.29) is 11.8 Å². The Labute approximate surface area is 178 Å². The maximum Gasteiger partial charge on any atom is 0.270 e. The Morgan fingerprint density at radius 2 is 1.72 bits per heavy atom. The zero-order valence-corrected chi connectivity index (χ0v) is 17.6. The van der Waals surface area contributed by atoms with Gasteiger partial charge in [0.15, 0.2) is 0 Å². The molecule has 0 spiro atoms. The molecular formula is C22H23BrN4O2. The Hall–Kier alpha value is -2.64. The first-order chi connectivity index (χ1) is 14.1. The third kappa shape index (κ3) is 4.86. The normalized spacial score (nSPS) is 14.9. The molecule has 29 heavy (non-hydrogen) atoms. The summed E-state index contributed by atoms with van der Waals surface area (Å²) in [6, 6.07) is 17.4. The number of H-pyrrole nitrogens is 1. The largest absolute Gasteiger partial charge is 0.351 e. The Balaban J connectivity index is 1.24. The minimum Gasteiger partial charge on any atom is -0.351 e. The van der Waals surface area contributed by atoms with Gasteiger partial charge in [-0.2, -0.15) is 0 Å².